The summed E-state index contributed by atoms with van der Waals surface area (Å²) in [6.07, 6.45) is 1.18. The first-order valence-electron chi connectivity index (χ1n) is 6.36. The summed E-state index contributed by atoms with van der Waals surface area (Å²) in [6, 6.07) is 8.11. The van der Waals surface area contributed by atoms with Crippen LogP contribution in [-0.2, 0) is 20.4 Å². The van der Waals surface area contributed by atoms with Crippen molar-refractivity contribution >= 4 is 26.1 Å². The number of rotatable bonds is 6. The van der Waals surface area contributed by atoms with Crippen molar-refractivity contribution in [2.24, 2.45) is 0 Å². The lowest BCUT2D eigenvalue weighted by Gasteiger charge is -2.24. The van der Waals surface area contributed by atoms with Gasteiger partial charge in [0.25, 0.3) is 0 Å². The summed E-state index contributed by atoms with van der Waals surface area (Å²) >= 11 is 0. The van der Waals surface area contributed by atoms with Crippen molar-refractivity contribution < 1.29 is 25.9 Å². The Balaban J connectivity index is 0.000000763. The van der Waals surface area contributed by atoms with Crippen molar-refractivity contribution in [3.05, 3.63) is 29.8 Å². The van der Waals surface area contributed by atoms with Crippen LogP contribution in [0.2, 0.25) is 0 Å². The zero-order valence-corrected chi connectivity index (χ0v) is 14.3. The average molecular weight is 352 g/mol. The number of para-hydroxylation sites is 1. The molecule has 0 saturated heterocycles. The third-order valence-corrected chi connectivity index (χ3v) is 3.31. The van der Waals surface area contributed by atoms with Gasteiger partial charge in [0.05, 0.1) is 6.26 Å². The number of aryl methyl sites for hydroxylation is 1. The number of nitrogens with zero attached hydrogens (tertiary/aromatic N) is 1. The van der Waals surface area contributed by atoms with Gasteiger partial charge in [0.2, 0.25) is 10.0 Å². The monoisotopic (exact) mass is 352 g/mol. The summed E-state index contributed by atoms with van der Waals surface area (Å²) in [6.45, 7) is 6.08. The molecule has 0 unspecified atom stereocenters. The molecule has 0 aromatic heterocycles. The van der Waals surface area contributed by atoms with E-state index in [0.29, 0.717) is 13.1 Å². The molecular weight excluding hydrogens is 332 g/mol. The van der Waals surface area contributed by atoms with Crippen molar-refractivity contribution in [3.63, 3.8) is 0 Å². The molecule has 0 bridgehead atoms. The van der Waals surface area contributed by atoms with Gasteiger partial charge in [0.15, 0.2) is 0 Å². The number of sulfonamides is 1. The van der Waals surface area contributed by atoms with E-state index in [2.05, 4.69) is 35.6 Å². The topological polar surface area (TPSA) is 130 Å². The second-order valence-electron chi connectivity index (χ2n) is 4.44. The van der Waals surface area contributed by atoms with Crippen LogP contribution >= 0.6 is 0 Å². The van der Waals surface area contributed by atoms with Crippen molar-refractivity contribution in [1.29, 1.82) is 0 Å². The van der Waals surface area contributed by atoms with E-state index < -0.39 is 20.4 Å². The van der Waals surface area contributed by atoms with Gasteiger partial charge in [-0.05, 0) is 25.5 Å². The highest BCUT2D eigenvalue weighted by atomic mass is 32.3. The molecule has 1 aromatic rings. The van der Waals surface area contributed by atoms with Gasteiger partial charge < -0.3 is 14.0 Å². The lowest BCUT2D eigenvalue weighted by molar-refractivity contribution is 0.352. The van der Waals surface area contributed by atoms with E-state index in [1.54, 1.807) is 0 Å². The minimum atomic E-state index is -5.17. The van der Waals surface area contributed by atoms with Crippen LogP contribution in [0.4, 0.5) is 5.69 Å². The highest BCUT2D eigenvalue weighted by Gasteiger charge is 2.07. The second-order valence-corrected chi connectivity index (χ2v) is 7.09. The molecule has 0 fully saturated rings. The van der Waals surface area contributed by atoms with Gasteiger partial charge >= 0.3 is 0 Å². The molecule has 8 nitrogen and oxygen atoms in total. The van der Waals surface area contributed by atoms with Gasteiger partial charge in [-0.3, -0.25) is 8.42 Å². The molecule has 1 aromatic carbocycles. The fourth-order valence-electron chi connectivity index (χ4n) is 1.73. The van der Waals surface area contributed by atoms with Crippen LogP contribution in [0.5, 0.6) is 0 Å². The fraction of sp³-hybridized carbons (Fsp3) is 0.500. The molecule has 0 saturated carbocycles. The molecular formula is C12H20N2O6S2-2. The van der Waals surface area contributed by atoms with Crippen molar-refractivity contribution in [1.82, 2.24) is 4.72 Å². The summed E-state index contributed by atoms with van der Waals surface area (Å²) in [5.74, 6) is 0. The number of hydrogen-bond acceptors (Lipinski definition) is 7. The van der Waals surface area contributed by atoms with E-state index in [1.165, 1.54) is 11.8 Å². The molecule has 0 aliphatic rings. The van der Waals surface area contributed by atoms with Crippen LogP contribution in [0.3, 0.4) is 0 Å². The van der Waals surface area contributed by atoms with Gasteiger partial charge in [-0.15, -0.1) is 0 Å². The number of benzene rings is 1. The molecule has 128 valence electrons. The highest BCUT2D eigenvalue weighted by Crippen LogP contribution is 2.18. The van der Waals surface area contributed by atoms with Gasteiger partial charge in [0.1, 0.15) is 0 Å². The predicted octanol–water partition coefficient (Wildman–Crippen LogP) is 0.0325. The van der Waals surface area contributed by atoms with E-state index in [1.807, 2.05) is 12.1 Å². The summed E-state index contributed by atoms with van der Waals surface area (Å²) in [7, 11) is -8.26. The number of hydrogen-bond donors (Lipinski definition) is 1. The molecule has 0 radical (unpaired) electrons. The van der Waals surface area contributed by atoms with Crippen LogP contribution in [0.1, 0.15) is 12.5 Å². The molecule has 10 heteroatoms. The molecule has 0 spiro atoms. The minimum absolute atomic E-state index is 0.432. The Bertz CT molecular complexity index is 650. The third-order valence-electron chi connectivity index (χ3n) is 2.58. The molecule has 1 rings (SSSR count). The smallest absolute Gasteiger partial charge is 0.208 e. The SMILES string of the molecule is CCN(CCNS(C)(=O)=O)c1ccccc1C.O=S(=O)([O-])[O-]. The Kier molecular flexibility index (Phi) is 8.56. The maximum absolute atomic E-state index is 11.0. The molecule has 0 aliphatic carbocycles. The Morgan fingerprint density at radius 2 is 1.64 bits per heavy atom. The van der Waals surface area contributed by atoms with Crippen LogP contribution in [0, 0.1) is 6.92 Å². The first-order chi connectivity index (χ1) is 9.94. The molecule has 0 aliphatic heterocycles. The Hall–Kier alpha value is -1.20. The fourth-order valence-corrected chi connectivity index (χ4v) is 2.20. The Morgan fingerprint density at radius 1 is 1.14 bits per heavy atom. The van der Waals surface area contributed by atoms with Crippen molar-refractivity contribution in [3.8, 4) is 0 Å². The van der Waals surface area contributed by atoms with Gasteiger partial charge in [-0.1, -0.05) is 18.2 Å². The quantitative estimate of drug-likeness (QED) is 0.565. The summed E-state index contributed by atoms with van der Waals surface area (Å²) in [4.78, 5) is 2.16. The van der Waals surface area contributed by atoms with Crippen LogP contribution < -0.4 is 9.62 Å². The van der Waals surface area contributed by atoms with E-state index in [-0.39, 0.29) is 0 Å². The normalized spacial score (nSPS) is 11.5. The van der Waals surface area contributed by atoms with Crippen LogP contribution in [-0.4, -0.2) is 51.8 Å². The highest BCUT2D eigenvalue weighted by molar-refractivity contribution is 7.88. The van der Waals surface area contributed by atoms with E-state index >= 15 is 0 Å². The number of likely N-dealkylation sites (N-methyl/N-ethyl adjacent to an activating group) is 1. The number of anilines is 1. The first kappa shape index (κ1) is 20.8. The predicted molar refractivity (Wildman–Crippen MR) is 82.4 cm³/mol. The molecule has 22 heavy (non-hydrogen) atoms. The summed E-state index contributed by atoms with van der Waals surface area (Å²) in [5.41, 5.74) is 2.36. The largest absolute Gasteiger partial charge is 0.759 e. The lowest BCUT2D eigenvalue weighted by Crippen LogP contribution is -2.34. The zero-order chi connectivity index (χ0) is 17.4. The van der Waals surface area contributed by atoms with Gasteiger partial charge in [-0.2, -0.15) is 0 Å². The Labute approximate surface area is 131 Å². The van der Waals surface area contributed by atoms with Gasteiger partial charge in [-0.25, -0.2) is 13.1 Å². The van der Waals surface area contributed by atoms with E-state index in [0.717, 1.165) is 12.2 Å². The zero-order valence-electron chi connectivity index (χ0n) is 12.6. The second kappa shape index (κ2) is 9.06. The van der Waals surface area contributed by atoms with E-state index in [4.69, 9.17) is 17.5 Å². The van der Waals surface area contributed by atoms with Crippen LogP contribution in [0.25, 0.3) is 0 Å². The average Bonchev–Trinajstić information content (AvgIpc) is 2.32. The number of nitrogens with one attached hydrogen (secondary N) is 1. The van der Waals surface area contributed by atoms with E-state index in [9.17, 15) is 8.42 Å². The molecule has 0 atom stereocenters. The maximum atomic E-state index is 11.0. The van der Waals surface area contributed by atoms with Gasteiger partial charge in [0, 0.05) is 35.7 Å². The standard InChI is InChI=1S/C12H20N2O2S.H2O4S/c1-4-14(10-9-13-17(3,15)16)12-8-6-5-7-11(12)2;1-5(2,3)4/h5-8,13H,4,9-10H2,1-3H3;(H2,1,2,3,4)/p-2. The molecule has 1 N–H and O–H groups in total. The van der Waals surface area contributed by atoms with Crippen LogP contribution in [0.15, 0.2) is 24.3 Å². The lowest BCUT2D eigenvalue weighted by atomic mass is 10.2. The molecule has 0 heterocycles. The molecule has 0 amide bonds. The summed E-state index contributed by atoms with van der Waals surface area (Å²) in [5, 5.41) is 0. The van der Waals surface area contributed by atoms with Crippen molar-refractivity contribution in [2.75, 3.05) is 30.8 Å². The first-order valence-corrected chi connectivity index (χ1v) is 9.58. The van der Waals surface area contributed by atoms with Crippen molar-refractivity contribution in [2.45, 2.75) is 13.8 Å². The Morgan fingerprint density at radius 3 is 2.05 bits per heavy atom. The third kappa shape index (κ3) is 11.5. The minimum Gasteiger partial charge on any atom is -0.759 e. The summed E-state index contributed by atoms with van der Waals surface area (Å²) < 4.78 is 58.5. The maximum Gasteiger partial charge on any atom is 0.208 e.